The molecule has 0 saturated carbocycles. The van der Waals surface area contributed by atoms with Crippen molar-refractivity contribution in [3.05, 3.63) is 12.7 Å². The molecule has 0 aromatic heterocycles. The molecule has 0 bridgehead atoms. The number of unbranched alkanes of at least 4 members (excludes halogenated alkanes) is 4. The Labute approximate surface area is 116 Å². The summed E-state index contributed by atoms with van der Waals surface area (Å²) in [6, 6.07) is 0. The lowest BCUT2D eigenvalue weighted by atomic mass is 10.1. The molecular formula is C17H22O2. The second-order valence-electron chi connectivity index (χ2n) is 4.74. The third-order valence-corrected chi connectivity index (χ3v) is 3.11. The van der Waals surface area contributed by atoms with E-state index >= 15 is 0 Å². The fraction of sp³-hybridized carbons (Fsp3) is 0.588. The summed E-state index contributed by atoms with van der Waals surface area (Å²) in [6.07, 6.45) is 10.3. The Balaban J connectivity index is 2.04. The minimum Gasteiger partial charge on any atom is -0.369 e. The van der Waals surface area contributed by atoms with E-state index in [1.807, 2.05) is 0 Å². The normalized spacial score (nSPS) is 19.6. The summed E-state index contributed by atoms with van der Waals surface area (Å²) < 4.78 is 5.54. The van der Waals surface area contributed by atoms with E-state index in [0.29, 0.717) is 6.10 Å². The van der Waals surface area contributed by atoms with Crippen LogP contribution in [0.2, 0.25) is 0 Å². The largest absolute Gasteiger partial charge is 0.369 e. The van der Waals surface area contributed by atoms with Crippen LogP contribution in [0.4, 0.5) is 0 Å². The summed E-state index contributed by atoms with van der Waals surface area (Å²) in [6.45, 7) is 5.56. The lowest BCUT2D eigenvalue weighted by Gasteiger charge is -1.96. The van der Waals surface area contributed by atoms with Crippen molar-refractivity contribution in [1.29, 1.82) is 0 Å². The van der Waals surface area contributed by atoms with Gasteiger partial charge in [0.25, 0.3) is 0 Å². The number of allylic oxidation sites excluding steroid dienone is 1. The predicted molar refractivity (Wildman–Crippen MR) is 77.4 cm³/mol. The van der Waals surface area contributed by atoms with Crippen LogP contribution >= 0.6 is 0 Å². The van der Waals surface area contributed by atoms with Gasteiger partial charge in [0.05, 0.1) is 12.2 Å². The molecule has 1 fully saturated rings. The zero-order valence-corrected chi connectivity index (χ0v) is 11.7. The number of hydrogen-bond acceptors (Lipinski definition) is 2. The summed E-state index contributed by atoms with van der Waals surface area (Å²) in [5.74, 6) is 10.2. The molecule has 0 aromatic rings. The van der Waals surface area contributed by atoms with Gasteiger partial charge in [-0.1, -0.05) is 51.5 Å². The Hall–Kier alpha value is -1.51. The zero-order chi connectivity index (χ0) is 13.9. The topological polar surface area (TPSA) is 29.6 Å². The molecule has 1 aliphatic rings. The van der Waals surface area contributed by atoms with Gasteiger partial charge < -0.3 is 4.74 Å². The Morgan fingerprint density at radius 3 is 2.74 bits per heavy atom. The van der Waals surface area contributed by atoms with E-state index in [1.54, 1.807) is 0 Å². The van der Waals surface area contributed by atoms with Gasteiger partial charge in [0, 0.05) is 6.42 Å². The predicted octanol–water partition coefficient (Wildman–Crippen LogP) is 3.27. The molecule has 1 saturated heterocycles. The van der Waals surface area contributed by atoms with Crippen LogP contribution in [0.3, 0.4) is 0 Å². The molecule has 102 valence electrons. The molecule has 0 unspecified atom stereocenters. The van der Waals surface area contributed by atoms with Crippen molar-refractivity contribution in [2.75, 3.05) is 0 Å². The highest BCUT2D eigenvalue weighted by atomic mass is 16.6. The maximum atomic E-state index is 10.8. The van der Waals surface area contributed by atoms with Crippen molar-refractivity contribution in [2.24, 2.45) is 0 Å². The third kappa shape index (κ3) is 7.50. The Morgan fingerprint density at radius 1 is 1.21 bits per heavy atom. The van der Waals surface area contributed by atoms with Crippen molar-refractivity contribution in [1.82, 2.24) is 0 Å². The summed E-state index contributed by atoms with van der Waals surface area (Å²) >= 11 is 0. The molecular weight excluding hydrogens is 236 g/mol. The molecule has 0 aromatic carbocycles. The van der Waals surface area contributed by atoms with Crippen LogP contribution < -0.4 is 0 Å². The van der Waals surface area contributed by atoms with E-state index < -0.39 is 0 Å². The van der Waals surface area contributed by atoms with Gasteiger partial charge in [0.2, 0.25) is 5.78 Å². The quantitative estimate of drug-likeness (QED) is 0.220. The first-order chi connectivity index (χ1) is 9.27. The highest BCUT2D eigenvalue weighted by molar-refractivity contribution is 6.04. The minimum absolute atomic E-state index is 0.288. The van der Waals surface area contributed by atoms with Gasteiger partial charge in [-0.25, -0.2) is 0 Å². The molecule has 0 amide bonds. The third-order valence-electron chi connectivity index (χ3n) is 3.11. The first-order valence-corrected chi connectivity index (χ1v) is 7.08. The van der Waals surface area contributed by atoms with Crippen LogP contribution in [-0.4, -0.2) is 18.0 Å². The summed E-state index contributed by atoms with van der Waals surface area (Å²) in [7, 11) is 0. The van der Waals surface area contributed by atoms with Crippen LogP contribution in [0, 0.1) is 23.7 Å². The smallest absolute Gasteiger partial charge is 0.229 e. The van der Waals surface area contributed by atoms with E-state index in [2.05, 4.69) is 37.2 Å². The highest BCUT2D eigenvalue weighted by Gasteiger charge is 2.36. The highest BCUT2D eigenvalue weighted by Crippen LogP contribution is 2.29. The molecule has 0 spiro atoms. The Bertz CT molecular complexity index is 414. The molecule has 2 atom stereocenters. The van der Waals surface area contributed by atoms with Crippen LogP contribution in [0.25, 0.3) is 0 Å². The van der Waals surface area contributed by atoms with Gasteiger partial charge in [-0.05, 0) is 30.3 Å². The van der Waals surface area contributed by atoms with Crippen LogP contribution in [0.15, 0.2) is 12.7 Å². The van der Waals surface area contributed by atoms with Crippen molar-refractivity contribution < 1.29 is 9.53 Å². The number of carbonyl (C=O) groups is 1. The van der Waals surface area contributed by atoms with Crippen molar-refractivity contribution in [3.63, 3.8) is 0 Å². The standard InChI is InChI=1S/C17H22O2/c1-3-5-6-7-10-13-16-17(19-16)14-11-8-9-12-15(18)4-2/h4,16-17H,2-3,5-7,10,13-14H2,1H3/t16-,17-/m0/s1. The average Bonchev–Trinajstić information content (AvgIpc) is 3.16. The van der Waals surface area contributed by atoms with Gasteiger partial charge in [-0.2, -0.15) is 0 Å². The zero-order valence-electron chi connectivity index (χ0n) is 11.7. The Kier molecular flexibility index (Phi) is 7.71. The second kappa shape index (κ2) is 9.42. The number of ether oxygens (including phenoxy) is 1. The van der Waals surface area contributed by atoms with Gasteiger partial charge in [-0.15, -0.1) is 0 Å². The van der Waals surface area contributed by atoms with Crippen molar-refractivity contribution in [2.45, 2.75) is 64.1 Å². The molecule has 0 N–H and O–H groups in total. The van der Waals surface area contributed by atoms with E-state index in [9.17, 15) is 4.79 Å². The number of epoxide rings is 1. The lowest BCUT2D eigenvalue weighted by Crippen LogP contribution is -1.93. The number of carbonyl (C=O) groups excluding carboxylic acids is 1. The minimum atomic E-state index is -0.290. The van der Waals surface area contributed by atoms with E-state index in [0.717, 1.165) is 12.8 Å². The maximum Gasteiger partial charge on any atom is 0.229 e. The number of rotatable bonds is 8. The lowest BCUT2D eigenvalue weighted by molar-refractivity contribution is -0.109. The second-order valence-corrected chi connectivity index (χ2v) is 4.74. The van der Waals surface area contributed by atoms with Crippen molar-refractivity contribution >= 4 is 5.78 Å². The van der Waals surface area contributed by atoms with Gasteiger partial charge in [0.15, 0.2) is 0 Å². The molecule has 2 heteroatoms. The first kappa shape index (κ1) is 15.5. The van der Waals surface area contributed by atoms with E-state index in [-0.39, 0.29) is 11.9 Å². The molecule has 1 aliphatic heterocycles. The molecule has 0 aliphatic carbocycles. The SMILES string of the molecule is C=CC(=O)C#CC#CC[C@@H]1O[C@H]1CCCCCCC. The summed E-state index contributed by atoms with van der Waals surface area (Å²) in [5.41, 5.74) is 0. The molecule has 1 heterocycles. The van der Waals surface area contributed by atoms with Crippen LogP contribution in [0.1, 0.15) is 51.9 Å². The molecule has 0 radical (unpaired) electrons. The van der Waals surface area contributed by atoms with Gasteiger partial charge in [-0.3, -0.25) is 4.79 Å². The number of hydrogen-bond donors (Lipinski definition) is 0. The first-order valence-electron chi connectivity index (χ1n) is 7.08. The average molecular weight is 258 g/mol. The van der Waals surface area contributed by atoms with Gasteiger partial charge in [0.1, 0.15) is 0 Å². The van der Waals surface area contributed by atoms with Gasteiger partial charge >= 0.3 is 0 Å². The van der Waals surface area contributed by atoms with Crippen LogP contribution in [0.5, 0.6) is 0 Å². The monoisotopic (exact) mass is 258 g/mol. The number of ketones is 1. The molecule has 1 rings (SSSR count). The summed E-state index contributed by atoms with van der Waals surface area (Å²) in [4.78, 5) is 10.8. The van der Waals surface area contributed by atoms with Crippen molar-refractivity contribution in [3.8, 4) is 23.7 Å². The fourth-order valence-corrected chi connectivity index (χ4v) is 1.90. The van der Waals surface area contributed by atoms with E-state index in [4.69, 9.17) is 4.74 Å². The summed E-state index contributed by atoms with van der Waals surface area (Å²) in [5, 5.41) is 0. The molecule has 19 heavy (non-hydrogen) atoms. The molecule has 2 nitrogen and oxygen atoms in total. The Morgan fingerprint density at radius 2 is 2.00 bits per heavy atom. The van der Waals surface area contributed by atoms with E-state index in [1.165, 1.54) is 38.2 Å². The maximum absolute atomic E-state index is 10.8. The van der Waals surface area contributed by atoms with Crippen LogP contribution in [-0.2, 0) is 9.53 Å². The fourth-order valence-electron chi connectivity index (χ4n) is 1.90.